The van der Waals surface area contributed by atoms with Gasteiger partial charge in [-0.15, -0.1) is 0 Å². The third kappa shape index (κ3) is 5.81. The van der Waals surface area contributed by atoms with Gasteiger partial charge in [-0.1, -0.05) is 25.1 Å². The number of rotatable bonds is 6. The molecule has 0 saturated heterocycles. The average molecular weight is 249 g/mol. The molecule has 1 rings (SSSR count). The molecule has 5 heteroatoms. The quantitative estimate of drug-likeness (QED) is 0.273. The summed E-state index contributed by atoms with van der Waals surface area (Å²) in [6.45, 7) is 2.34. The maximum atomic E-state index is 11.3. The Morgan fingerprint density at radius 1 is 1.22 bits per heavy atom. The van der Waals surface area contributed by atoms with Crippen LogP contribution in [0.4, 0.5) is 0 Å². The van der Waals surface area contributed by atoms with Crippen LogP contribution in [0.5, 0.6) is 5.75 Å². The number of esters is 1. The van der Waals surface area contributed by atoms with Crippen molar-refractivity contribution in [2.75, 3.05) is 6.61 Å². The van der Waals surface area contributed by atoms with Gasteiger partial charge in [0.1, 0.15) is 5.75 Å². The monoisotopic (exact) mass is 249 g/mol. The minimum Gasteiger partial charge on any atom is -0.423 e. The molecule has 0 atom stereocenters. The lowest BCUT2D eigenvalue weighted by Gasteiger charge is -2.01. The van der Waals surface area contributed by atoms with Crippen molar-refractivity contribution >= 4 is 11.9 Å². The van der Waals surface area contributed by atoms with Crippen LogP contribution >= 0.6 is 0 Å². The lowest BCUT2D eigenvalue weighted by molar-refractivity contribution is -0.131. The summed E-state index contributed by atoms with van der Waals surface area (Å²) in [4.78, 5) is 27.3. The molecule has 0 spiro atoms. The second kappa shape index (κ2) is 8.03. The van der Waals surface area contributed by atoms with Crippen LogP contribution in [0.3, 0.4) is 0 Å². The van der Waals surface area contributed by atoms with Gasteiger partial charge in [-0.05, 0) is 18.6 Å². The first-order valence-corrected chi connectivity index (χ1v) is 5.59. The molecule has 0 aliphatic rings. The normalized spacial score (nSPS) is 10.3. The molecule has 0 unspecified atom stereocenters. The Morgan fingerprint density at radius 3 is 2.61 bits per heavy atom. The first-order chi connectivity index (χ1) is 8.72. The number of ether oxygens (including phenoxy) is 1. The Bertz CT molecular complexity index is 414. The van der Waals surface area contributed by atoms with E-state index in [1.807, 2.05) is 13.0 Å². The predicted octanol–water partition coefficient (Wildman–Crippen LogP) is 1.61. The minimum atomic E-state index is -0.619. The molecule has 0 heterocycles. The molecule has 0 fully saturated rings. The van der Waals surface area contributed by atoms with Crippen LogP contribution in [-0.4, -0.2) is 18.5 Å². The highest BCUT2D eigenvalue weighted by atomic mass is 16.6. The Hall–Kier alpha value is -2.14. The summed E-state index contributed by atoms with van der Waals surface area (Å²) >= 11 is 0. The van der Waals surface area contributed by atoms with E-state index in [1.165, 1.54) is 0 Å². The molecule has 0 saturated carbocycles. The molecular formula is C13H15NO4. The number of hydrogen-bond donors (Lipinski definition) is 1. The Kier molecular flexibility index (Phi) is 6.21. The second-order valence-electron chi connectivity index (χ2n) is 3.38. The van der Waals surface area contributed by atoms with Gasteiger partial charge >= 0.3 is 5.97 Å². The molecule has 0 bridgehead atoms. The third-order valence-corrected chi connectivity index (χ3v) is 1.81. The summed E-state index contributed by atoms with van der Waals surface area (Å²) < 4.78 is 4.94. The molecule has 0 radical (unpaired) electrons. The summed E-state index contributed by atoms with van der Waals surface area (Å²) in [5, 5.41) is 0. The molecule has 0 aromatic heterocycles. The zero-order valence-electron chi connectivity index (χ0n) is 10.1. The molecule has 5 nitrogen and oxygen atoms in total. The van der Waals surface area contributed by atoms with Gasteiger partial charge < -0.3 is 4.74 Å². The standard InChI is InChI=1S/C13H15NO4/c1-2-10-17-14-12(15)8-9-13(16)18-11-6-4-3-5-7-11/h3-9H,2,10H2,1H3,(H,14,15)/b9-8-. The van der Waals surface area contributed by atoms with Crippen LogP contribution in [0.15, 0.2) is 42.5 Å². The van der Waals surface area contributed by atoms with Crippen LogP contribution in [0.2, 0.25) is 0 Å². The van der Waals surface area contributed by atoms with E-state index in [1.54, 1.807) is 24.3 Å². The van der Waals surface area contributed by atoms with Gasteiger partial charge in [-0.3, -0.25) is 9.63 Å². The number of hydroxylamine groups is 1. The maximum Gasteiger partial charge on any atom is 0.336 e. The molecule has 1 aromatic carbocycles. The van der Waals surface area contributed by atoms with Crippen LogP contribution in [-0.2, 0) is 14.4 Å². The van der Waals surface area contributed by atoms with Crippen molar-refractivity contribution in [2.24, 2.45) is 0 Å². The van der Waals surface area contributed by atoms with Crippen molar-refractivity contribution in [1.29, 1.82) is 0 Å². The maximum absolute atomic E-state index is 11.3. The lowest BCUT2D eigenvalue weighted by Crippen LogP contribution is -2.22. The fourth-order valence-electron chi connectivity index (χ4n) is 1.04. The van der Waals surface area contributed by atoms with E-state index >= 15 is 0 Å². The number of carbonyl (C=O) groups is 2. The summed E-state index contributed by atoms with van der Waals surface area (Å²) in [7, 11) is 0. The van der Waals surface area contributed by atoms with Gasteiger partial charge in [-0.25, -0.2) is 10.3 Å². The van der Waals surface area contributed by atoms with E-state index < -0.39 is 11.9 Å². The van der Waals surface area contributed by atoms with E-state index in [2.05, 4.69) is 5.48 Å². The molecule has 18 heavy (non-hydrogen) atoms. The minimum absolute atomic E-state index is 0.425. The highest BCUT2D eigenvalue weighted by Crippen LogP contribution is 2.08. The molecule has 1 N–H and O–H groups in total. The summed E-state index contributed by atoms with van der Waals surface area (Å²) in [6, 6.07) is 8.60. The highest BCUT2D eigenvalue weighted by Gasteiger charge is 2.01. The summed E-state index contributed by atoms with van der Waals surface area (Å²) in [5.74, 6) is -0.699. The number of amides is 1. The zero-order chi connectivity index (χ0) is 13.2. The zero-order valence-corrected chi connectivity index (χ0v) is 10.1. The van der Waals surface area contributed by atoms with Gasteiger partial charge in [0.25, 0.3) is 5.91 Å². The number of hydrogen-bond acceptors (Lipinski definition) is 4. The van der Waals surface area contributed by atoms with Crippen LogP contribution in [0.1, 0.15) is 13.3 Å². The Morgan fingerprint density at radius 2 is 1.94 bits per heavy atom. The lowest BCUT2D eigenvalue weighted by atomic mass is 10.3. The van der Waals surface area contributed by atoms with Gasteiger partial charge in [0, 0.05) is 12.2 Å². The largest absolute Gasteiger partial charge is 0.423 e. The smallest absolute Gasteiger partial charge is 0.336 e. The van der Waals surface area contributed by atoms with E-state index in [0.717, 1.165) is 18.6 Å². The number of nitrogens with one attached hydrogen (secondary N) is 1. The van der Waals surface area contributed by atoms with Crippen molar-refractivity contribution < 1.29 is 19.2 Å². The van der Waals surface area contributed by atoms with Crippen molar-refractivity contribution in [2.45, 2.75) is 13.3 Å². The predicted molar refractivity (Wildman–Crippen MR) is 65.6 cm³/mol. The fourth-order valence-corrected chi connectivity index (χ4v) is 1.04. The van der Waals surface area contributed by atoms with E-state index in [9.17, 15) is 9.59 Å². The SMILES string of the molecule is CCCONC(=O)/C=C\C(=O)Oc1ccccc1. The summed E-state index contributed by atoms with van der Waals surface area (Å²) in [6.07, 6.45) is 2.89. The molecule has 1 aromatic rings. The van der Waals surface area contributed by atoms with Gasteiger partial charge in [0.05, 0.1) is 6.61 Å². The number of para-hydroxylation sites is 1. The van der Waals surface area contributed by atoms with E-state index in [0.29, 0.717) is 12.4 Å². The fraction of sp³-hybridized carbons (Fsp3) is 0.231. The third-order valence-electron chi connectivity index (χ3n) is 1.81. The first-order valence-electron chi connectivity index (χ1n) is 5.59. The second-order valence-corrected chi connectivity index (χ2v) is 3.38. The molecule has 0 aliphatic heterocycles. The molecule has 1 amide bonds. The van der Waals surface area contributed by atoms with Gasteiger partial charge in [0.2, 0.25) is 0 Å². The van der Waals surface area contributed by atoms with Crippen molar-refractivity contribution in [3.63, 3.8) is 0 Å². The Balaban J connectivity index is 2.33. The molecule has 0 aliphatic carbocycles. The van der Waals surface area contributed by atoms with E-state index in [4.69, 9.17) is 9.57 Å². The topological polar surface area (TPSA) is 64.6 Å². The average Bonchev–Trinajstić information content (AvgIpc) is 2.38. The molecule has 96 valence electrons. The number of benzene rings is 1. The first kappa shape index (κ1) is 13.9. The highest BCUT2D eigenvalue weighted by molar-refractivity contribution is 5.94. The van der Waals surface area contributed by atoms with Crippen molar-refractivity contribution in [3.05, 3.63) is 42.5 Å². The van der Waals surface area contributed by atoms with Crippen LogP contribution in [0, 0.1) is 0 Å². The summed E-state index contributed by atoms with van der Waals surface area (Å²) in [5.41, 5.74) is 2.17. The van der Waals surface area contributed by atoms with Crippen molar-refractivity contribution in [1.82, 2.24) is 5.48 Å². The van der Waals surface area contributed by atoms with Crippen LogP contribution < -0.4 is 10.2 Å². The van der Waals surface area contributed by atoms with Gasteiger partial charge in [0.15, 0.2) is 0 Å². The molecular weight excluding hydrogens is 234 g/mol. The Labute approximate surface area is 105 Å². The van der Waals surface area contributed by atoms with E-state index in [-0.39, 0.29) is 0 Å². The van der Waals surface area contributed by atoms with Gasteiger partial charge in [-0.2, -0.15) is 0 Å². The van der Waals surface area contributed by atoms with Crippen molar-refractivity contribution in [3.8, 4) is 5.75 Å². The number of carbonyl (C=O) groups excluding carboxylic acids is 2. The van der Waals surface area contributed by atoms with Crippen LogP contribution in [0.25, 0.3) is 0 Å².